The molecule has 0 atom stereocenters. The number of halogens is 1. The van der Waals surface area contributed by atoms with Crippen molar-refractivity contribution >= 4 is 51.5 Å². The van der Waals surface area contributed by atoms with Gasteiger partial charge in [0.2, 0.25) is 5.91 Å². The van der Waals surface area contributed by atoms with Crippen molar-refractivity contribution < 1.29 is 4.79 Å². The fraction of sp³-hybridized carbons (Fsp3) is 0.333. The van der Waals surface area contributed by atoms with E-state index in [0.29, 0.717) is 5.11 Å². The molecular weight excluding hydrogens is 347 g/mol. The van der Waals surface area contributed by atoms with Crippen LogP contribution >= 0.6 is 34.8 Å². The van der Waals surface area contributed by atoms with E-state index in [4.69, 9.17) is 12.2 Å². The van der Waals surface area contributed by atoms with Crippen LogP contribution in [0.1, 0.15) is 20.8 Å². The molecular formula is C12H15IN2OS. The van der Waals surface area contributed by atoms with Gasteiger partial charge in [-0.25, -0.2) is 0 Å². The van der Waals surface area contributed by atoms with Crippen LogP contribution in [-0.2, 0) is 4.79 Å². The Morgan fingerprint density at radius 3 is 2.41 bits per heavy atom. The molecule has 3 nitrogen and oxygen atoms in total. The minimum absolute atomic E-state index is 0.0964. The van der Waals surface area contributed by atoms with Crippen molar-refractivity contribution in [2.45, 2.75) is 20.8 Å². The van der Waals surface area contributed by atoms with E-state index in [1.165, 1.54) is 0 Å². The summed E-state index contributed by atoms with van der Waals surface area (Å²) in [7, 11) is 0. The summed E-state index contributed by atoms with van der Waals surface area (Å²) >= 11 is 7.30. The smallest absolute Gasteiger partial charge is 0.231 e. The fourth-order valence-corrected chi connectivity index (χ4v) is 1.73. The number of amides is 1. The van der Waals surface area contributed by atoms with Crippen molar-refractivity contribution in [2.75, 3.05) is 5.32 Å². The normalized spacial score (nSPS) is 10.8. The van der Waals surface area contributed by atoms with E-state index in [0.717, 1.165) is 9.26 Å². The number of benzene rings is 1. The molecule has 0 aliphatic carbocycles. The summed E-state index contributed by atoms with van der Waals surface area (Å²) in [6, 6.07) is 7.75. The molecule has 0 aliphatic heterocycles. The van der Waals surface area contributed by atoms with Crippen LogP contribution in [0.15, 0.2) is 24.3 Å². The van der Waals surface area contributed by atoms with Crippen LogP contribution in [0.4, 0.5) is 5.69 Å². The summed E-state index contributed by atoms with van der Waals surface area (Å²) < 4.78 is 1.05. The van der Waals surface area contributed by atoms with E-state index in [1.54, 1.807) is 0 Å². The summed E-state index contributed by atoms with van der Waals surface area (Å²) in [4.78, 5) is 11.7. The number of hydrogen-bond donors (Lipinski definition) is 2. The second kappa shape index (κ2) is 5.77. The van der Waals surface area contributed by atoms with Gasteiger partial charge in [0.25, 0.3) is 0 Å². The van der Waals surface area contributed by atoms with Crippen LogP contribution in [0.3, 0.4) is 0 Å². The third-order valence-corrected chi connectivity index (χ3v) is 3.18. The maximum absolute atomic E-state index is 11.7. The highest BCUT2D eigenvalue weighted by Crippen LogP contribution is 2.17. The first-order valence-corrected chi connectivity index (χ1v) is 6.66. The SMILES string of the molecule is CC(C)(C)C(=O)NC(=S)Nc1ccccc1I. The summed E-state index contributed by atoms with van der Waals surface area (Å²) in [5, 5.41) is 6.01. The van der Waals surface area contributed by atoms with Gasteiger partial charge in [-0.1, -0.05) is 32.9 Å². The van der Waals surface area contributed by atoms with Gasteiger partial charge in [0.05, 0.1) is 5.69 Å². The molecule has 1 rings (SSSR count). The van der Waals surface area contributed by atoms with E-state index >= 15 is 0 Å². The first-order chi connectivity index (χ1) is 7.80. The van der Waals surface area contributed by atoms with Crippen molar-refractivity contribution in [1.29, 1.82) is 0 Å². The highest BCUT2D eigenvalue weighted by Gasteiger charge is 2.21. The third kappa shape index (κ3) is 4.59. The molecule has 17 heavy (non-hydrogen) atoms. The van der Waals surface area contributed by atoms with Gasteiger partial charge in [-0.05, 0) is 46.9 Å². The number of anilines is 1. The Hall–Kier alpha value is -0.690. The molecule has 0 saturated carbocycles. The van der Waals surface area contributed by atoms with Crippen molar-refractivity contribution in [1.82, 2.24) is 5.32 Å². The van der Waals surface area contributed by atoms with Crippen LogP contribution in [0.5, 0.6) is 0 Å². The maximum Gasteiger partial charge on any atom is 0.231 e. The van der Waals surface area contributed by atoms with Crippen molar-refractivity contribution in [2.24, 2.45) is 5.41 Å². The third-order valence-electron chi connectivity index (χ3n) is 2.03. The number of thiocarbonyl (C=S) groups is 1. The molecule has 0 fully saturated rings. The summed E-state index contributed by atoms with van der Waals surface area (Å²) in [5.74, 6) is -0.0964. The Bertz CT molecular complexity index is 440. The lowest BCUT2D eigenvalue weighted by Crippen LogP contribution is -2.41. The number of para-hydroxylation sites is 1. The van der Waals surface area contributed by atoms with Crippen LogP contribution in [-0.4, -0.2) is 11.0 Å². The Morgan fingerprint density at radius 1 is 1.29 bits per heavy atom. The van der Waals surface area contributed by atoms with Crippen molar-refractivity contribution in [3.63, 3.8) is 0 Å². The average molecular weight is 362 g/mol. The lowest BCUT2D eigenvalue weighted by atomic mass is 9.96. The maximum atomic E-state index is 11.7. The Labute approximate surface area is 121 Å². The molecule has 1 aromatic rings. The van der Waals surface area contributed by atoms with Gasteiger partial charge < -0.3 is 10.6 Å². The van der Waals surface area contributed by atoms with Gasteiger partial charge in [0, 0.05) is 8.99 Å². The van der Waals surface area contributed by atoms with E-state index in [9.17, 15) is 4.79 Å². The van der Waals surface area contributed by atoms with Gasteiger partial charge in [-0.3, -0.25) is 4.79 Å². The predicted octanol–water partition coefficient (Wildman–Crippen LogP) is 3.15. The van der Waals surface area contributed by atoms with E-state index in [2.05, 4.69) is 33.2 Å². The monoisotopic (exact) mass is 362 g/mol. The summed E-state index contributed by atoms with van der Waals surface area (Å²) in [5.41, 5.74) is 0.447. The zero-order valence-corrected chi connectivity index (χ0v) is 13.0. The largest absolute Gasteiger partial charge is 0.332 e. The lowest BCUT2D eigenvalue weighted by Gasteiger charge is -2.18. The number of hydrogen-bond acceptors (Lipinski definition) is 2. The van der Waals surface area contributed by atoms with Crippen LogP contribution in [0.25, 0.3) is 0 Å². The van der Waals surface area contributed by atoms with Crippen molar-refractivity contribution in [3.8, 4) is 0 Å². The quantitative estimate of drug-likeness (QED) is 0.596. The average Bonchev–Trinajstić information content (AvgIpc) is 2.20. The predicted molar refractivity (Wildman–Crippen MR) is 83.0 cm³/mol. The van der Waals surface area contributed by atoms with Gasteiger partial charge >= 0.3 is 0 Å². The van der Waals surface area contributed by atoms with Crippen LogP contribution < -0.4 is 10.6 Å². The highest BCUT2D eigenvalue weighted by molar-refractivity contribution is 14.1. The van der Waals surface area contributed by atoms with Gasteiger partial charge in [-0.15, -0.1) is 0 Å². The highest BCUT2D eigenvalue weighted by atomic mass is 127. The molecule has 2 N–H and O–H groups in total. The molecule has 1 aromatic carbocycles. The number of rotatable bonds is 1. The topological polar surface area (TPSA) is 41.1 Å². The first-order valence-electron chi connectivity index (χ1n) is 5.17. The standard InChI is InChI=1S/C12H15IN2OS/c1-12(2,3)10(16)15-11(17)14-9-7-5-4-6-8(9)13/h4-7H,1-3H3,(H2,14,15,16,17). The Morgan fingerprint density at radius 2 is 1.88 bits per heavy atom. The molecule has 0 saturated heterocycles. The van der Waals surface area contributed by atoms with Gasteiger partial charge in [-0.2, -0.15) is 0 Å². The molecule has 92 valence electrons. The molecule has 0 radical (unpaired) electrons. The number of carbonyl (C=O) groups is 1. The molecule has 0 spiro atoms. The molecule has 0 aliphatic rings. The lowest BCUT2D eigenvalue weighted by molar-refractivity contribution is -0.126. The molecule has 0 aromatic heterocycles. The minimum Gasteiger partial charge on any atom is -0.332 e. The zero-order chi connectivity index (χ0) is 13.1. The van der Waals surface area contributed by atoms with E-state index in [-0.39, 0.29) is 5.91 Å². The first kappa shape index (κ1) is 14.4. The van der Waals surface area contributed by atoms with Gasteiger partial charge in [0.1, 0.15) is 0 Å². The number of nitrogens with one attached hydrogen (secondary N) is 2. The van der Waals surface area contributed by atoms with E-state index in [1.807, 2.05) is 45.0 Å². The minimum atomic E-state index is -0.449. The molecule has 1 amide bonds. The van der Waals surface area contributed by atoms with E-state index < -0.39 is 5.41 Å². The zero-order valence-electron chi connectivity index (χ0n) is 10.0. The molecule has 0 heterocycles. The molecule has 5 heteroatoms. The Balaban J connectivity index is 2.63. The molecule has 0 bridgehead atoms. The van der Waals surface area contributed by atoms with Crippen molar-refractivity contribution in [3.05, 3.63) is 27.8 Å². The van der Waals surface area contributed by atoms with Gasteiger partial charge in [0.15, 0.2) is 5.11 Å². The summed E-state index contributed by atoms with van der Waals surface area (Å²) in [6.45, 7) is 5.53. The number of carbonyl (C=O) groups excluding carboxylic acids is 1. The van der Waals surface area contributed by atoms with Crippen LogP contribution in [0, 0.1) is 8.99 Å². The Kier molecular flexibility index (Phi) is 4.88. The summed E-state index contributed by atoms with van der Waals surface area (Å²) in [6.07, 6.45) is 0. The fourth-order valence-electron chi connectivity index (χ4n) is 1.01. The van der Waals surface area contributed by atoms with Crippen LogP contribution in [0.2, 0.25) is 0 Å². The molecule has 0 unspecified atom stereocenters. The second-order valence-electron chi connectivity index (χ2n) is 4.64. The second-order valence-corrected chi connectivity index (χ2v) is 6.21.